The average Bonchev–Trinajstić information content (AvgIpc) is 1.82. The van der Waals surface area contributed by atoms with Crippen molar-refractivity contribution in [1.82, 2.24) is 5.32 Å². The molecule has 0 radical (unpaired) electrons. The van der Waals surface area contributed by atoms with Gasteiger partial charge >= 0.3 is 0 Å². The van der Waals surface area contributed by atoms with Crippen LogP contribution >= 0.6 is 0 Å². The van der Waals surface area contributed by atoms with Gasteiger partial charge in [0.1, 0.15) is 6.09 Å². The molecule has 0 saturated carbocycles. The second-order valence-electron chi connectivity index (χ2n) is 1.45. The molecule has 0 rings (SSSR count). The first-order valence-electron chi connectivity index (χ1n) is 2.34. The minimum atomic E-state index is -2.32. The standard InChI is InChI=1S/C4H6FNO4/c5-2(3(7)8)1-6-4(9)10/h2,6H,1H2,(H,7,8)(H,9,10)/p-2. The number of aliphatic carboxylic acids is 1. The largest absolute Gasteiger partial charge is 0.547 e. The molecule has 0 fully saturated rings. The molecule has 0 aliphatic rings. The van der Waals surface area contributed by atoms with Crippen molar-refractivity contribution in [2.24, 2.45) is 0 Å². The highest BCUT2D eigenvalue weighted by atomic mass is 19.1. The Morgan fingerprint density at radius 1 is 1.50 bits per heavy atom. The predicted octanol–water partition coefficient (Wildman–Crippen LogP) is -2.99. The molecule has 1 N–H and O–H groups in total. The maximum Gasteiger partial charge on any atom is 0.156 e. The van der Waals surface area contributed by atoms with Gasteiger partial charge in [0.2, 0.25) is 0 Å². The molecular formula is C4H4FNO4-2. The number of carboxylic acids is 1. The van der Waals surface area contributed by atoms with Crippen LogP contribution in [-0.2, 0) is 4.79 Å². The molecule has 0 aromatic carbocycles. The number of amides is 1. The molecule has 0 aromatic heterocycles. The van der Waals surface area contributed by atoms with Crippen molar-refractivity contribution < 1.29 is 24.2 Å². The van der Waals surface area contributed by atoms with Gasteiger partial charge in [-0.2, -0.15) is 0 Å². The molecule has 10 heavy (non-hydrogen) atoms. The van der Waals surface area contributed by atoms with Crippen molar-refractivity contribution >= 4 is 12.1 Å². The molecule has 0 aromatic rings. The van der Waals surface area contributed by atoms with Gasteiger partial charge in [0.05, 0.1) is 12.5 Å². The highest BCUT2D eigenvalue weighted by molar-refractivity contribution is 5.71. The number of alkyl halides is 1. The molecule has 0 aliphatic heterocycles. The fourth-order valence-electron chi connectivity index (χ4n) is 0.256. The van der Waals surface area contributed by atoms with Crippen LogP contribution in [0.4, 0.5) is 9.18 Å². The number of nitrogens with one attached hydrogen (secondary N) is 1. The van der Waals surface area contributed by atoms with Crippen LogP contribution in [0.1, 0.15) is 0 Å². The molecule has 1 amide bonds. The summed E-state index contributed by atoms with van der Waals surface area (Å²) in [6.45, 7) is -0.843. The lowest BCUT2D eigenvalue weighted by Gasteiger charge is -2.10. The van der Waals surface area contributed by atoms with Crippen molar-refractivity contribution in [3.05, 3.63) is 0 Å². The number of carbonyl (C=O) groups excluding carboxylic acids is 2. The zero-order valence-electron chi connectivity index (χ0n) is 4.80. The van der Waals surface area contributed by atoms with Gasteiger partial charge in [0.15, 0.2) is 6.17 Å². The lowest BCUT2D eigenvalue weighted by Crippen LogP contribution is -2.45. The highest BCUT2D eigenvalue weighted by Gasteiger charge is 2.04. The van der Waals surface area contributed by atoms with Crippen LogP contribution in [0.2, 0.25) is 0 Å². The van der Waals surface area contributed by atoms with Crippen LogP contribution in [0.25, 0.3) is 0 Å². The summed E-state index contributed by atoms with van der Waals surface area (Å²) in [6, 6.07) is 0. The zero-order valence-corrected chi connectivity index (χ0v) is 4.80. The van der Waals surface area contributed by atoms with E-state index in [2.05, 4.69) is 0 Å². The first-order valence-corrected chi connectivity index (χ1v) is 2.34. The Kier molecular flexibility index (Phi) is 3.16. The number of halogens is 1. The molecule has 58 valence electrons. The molecule has 0 aliphatic carbocycles. The summed E-state index contributed by atoms with van der Waals surface area (Å²) >= 11 is 0. The average molecular weight is 149 g/mol. The highest BCUT2D eigenvalue weighted by Crippen LogP contribution is 1.83. The van der Waals surface area contributed by atoms with Crippen molar-refractivity contribution in [2.75, 3.05) is 6.54 Å². The first-order chi connectivity index (χ1) is 4.54. The fraction of sp³-hybridized carbons (Fsp3) is 0.500. The fourth-order valence-corrected chi connectivity index (χ4v) is 0.256. The van der Waals surface area contributed by atoms with E-state index >= 15 is 0 Å². The van der Waals surface area contributed by atoms with Crippen LogP contribution in [0, 0.1) is 0 Å². The lowest BCUT2D eigenvalue weighted by atomic mass is 10.4. The summed E-state index contributed by atoms with van der Waals surface area (Å²) < 4.78 is 11.9. The SMILES string of the molecule is O=C([O-])NCC(F)C(=O)[O-]. The Morgan fingerprint density at radius 2 is 2.00 bits per heavy atom. The number of carboxylic acid groups (broad SMARTS) is 2. The molecule has 0 bridgehead atoms. The third kappa shape index (κ3) is 3.65. The van der Waals surface area contributed by atoms with E-state index in [-0.39, 0.29) is 0 Å². The number of rotatable bonds is 3. The van der Waals surface area contributed by atoms with Crippen molar-refractivity contribution in [3.63, 3.8) is 0 Å². The van der Waals surface area contributed by atoms with Crippen LogP contribution in [0.3, 0.4) is 0 Å². The van der Waals surface area contributed by atoms with Crippen LogP contribution in [0.15, 0.2) is 0 Å². The van der Waals surface area contributed by atoms with Gasteiger partial charge in [0.25, 0.3) is 0 Å². The van der Waals surface area contributed by atoms with Gasteiger partial charge in [-0.15, -0.1) is 0 Å². The maximum atomic E-state index is 11.9. The summed E-state index contributed by atoms with van der Waals surface area (Å²) in [6.07, 6.45) is -4.04. The summed E-state index contributed by atoms with van der Waals surface area (Å²) in [5.41, 5.74) is 0. The molecule has 0 heterocycles. The minimum absolute atomic E-state index is 0.843. The van der Waals surface area contributed by atoms with Crippen LogP contribution < -0.4 is 15.5 Å². The third-order valence-corrected chi connectivity index (χ3v) is 0.681. The Labute approximate surface area is 55.5 Å². The van der Waals surface area contributed by atoms with Crippen molar-refractivity contribution in [3.8, 4) is 0 Å². The van der Waals surface area contributed by atoms with Gasteiger partial charge in [-0.1, -0.05) is 0 Å². The first kappa shape index (κ1) is 8.67. The minimum Gasteiger partial charge on any atom is -0.547 e. The molecule has 1 unspecified atom stereocenters. The van der Waals surface area contributed by atoms with Gasteiger partial charge in [-0.05, 0) is 0 Å². The van der Waals surface area contributed by atoms with E-state index in [1.165, 1.54) is 5.32 Å². The molecule has 0 saturated heterocycles. The summed E-state index contributed by atoms with van der Waals surface area (Å²) in [5.74, 6) is -1.95. The van der Waals surface area contributed by atoms with Crippen molar-refractivity contribution in [2.45, 2.75) is 6.17 Å². The normalized spacial score (nSPS) is 12.1. The Morgan fingerprint density at radius 3 is 2.30 bits per heavy atom. The van der Waals surface area contributed by atoms with E-state index in [0.29, 0.717) is 0 Å². The second kappa shape index (κ2) is 3.65. The molecule has 5 nitrogen and oxygen atoms in total. The van der Waals surface area contributed by atoms with E-state index in [4.69, 9.17) is 0 Å². The zero-order chi connectivity index (χ0) is 8.15. The Hall–Kier alpha value is -1.33. The summed E-state index contributed by atoms with van der Waals surface area (Å²) in [7, 11) is 0. The maximum absolute atomic E-state index is 11.9. The topological polar surface area (TPSA) is 92.3 Å². The number of hydrogen-bond acceptors (Lipinski definition) is 4. The Bertz CT molecular complexity index is 148. The molecule has 0 spiro atoms. The molecular weight excluding hydrogens is 145 g/mol. The van der Waals surface area contributed by atoms with Gasteiger partial charge in [-0.25, -0.2) is 4.39 Å². The lowest BCUT2D eigenvalue weighted by molar-refractivity contribution is -0.311. The van der Waals surface area contributed by atoms with E-state index in [9.17, 15) is 24.2 Å². The van der Waals surface area contributed by atoms with Crippen molar-refractivity contribution in [1.29, 1.82) is 0 Å². The number of carbonyl (C=O) groups is 2. The smallest absolute Gasteiger partial charge is 0.156 e. The second-order valence-corrected chi connectivity index (χ2v) is 1.45. The summed E-state index contributed by atoms with van der Waals surface area (Å²) in [4.78, 5) is 19.1. The van der Waals surface area contributed by atoms with Gasteiger partial charge in [0, 0.05) is 0 Å². The monoisotopic (exact) mass is 149 g/mol. The van der Waals surface area contributed by atoms with Gasteiger partial charge in [-0.3, -0.25) is 0 Å². The van der Waals surface area contributed by atoms with E-state index in [1.54, 1.807) is 0 Å². The van der Waals surface area contributed by atoms with E-state index in [0.717, 1.165) is 0 Å². The van der Waals surface area contributed by atoms with Crippen LogP contribution in [-0.4, -0.2) is 24.8 Å². The van der Waals surface area contributed by atoms with Crippen LogP contribution in [0.5, 0.6) is 0 Å². The molecule has 1 atom stereocenters. The summed E-state index contributed by atoms with van der Waals surface area (Å²) in [5, 5.41) is 20.5. The van der Waals surface area contributed by atoms with Gasteiger partial charge < -0.3 is 25.1 Å². The van der Waals surface area contributed by atoms with E-state index in [1.807, 2.05) is 0 Å². The predicted molar refractivity (Wildman–Crippen MR) is 23.3 cm³/mol. The number of hydrogen-bond donors (Lipinski definition) is 1. The Balaban J connectivity index is 3.49. The molecule has 6 heteroatoms. The quantitative estimate of drug-likeness (QED) is 0.463. The van der Waals surface area contributed by atoms with E-state index < -0.39 is 24.8 Å². The third-order valence-electron chi connectivity index (χ3n) is 0.681.